The highest BCUT2D eigenvalue weighted by atomic mass is 19.1. The second kappa shape index (κ2) is 7.94. The summed E-state index contributed by atoms with van der Waals surface area (Å²) in [6.07, 6.45) is 5.19. The number of rotatable bonds is 5. The number of fused-ring (bicyclic) bond motifs is 1. The van der Waals surface area contributed by atoms with Crippen molar-refractivity contribution in [3.63, 3.8) is 0 Å². The second-order valence-electron chi connectivity index (χ2n) is 6.62. The zero-order valence-electron chi connectivity index (χ0n) is 15.8. The molecule has 1 aliphatic heterocycles. The monoisotopic (exact) mass is 399 g/mol. The van der Waals surface area contributed by atoms with Gasteiger partial charge in [-0.2, -0.15) is 5.10 Å². The van der Waals surface area contributed by atoms with Crippen LogP contribution in [0.15, 0.2) is 36.8 Å². The van der Waals surface area contributed by atoms with Gasteiger partial charge < -0.3 is 9.64 Å². The lowest BCUT2D eigenvalue weighted by atomic mass is 10.0. The van der Waals surface area contributed by atoms with Crippen LogP contribution >= 0.6 is 0 Å². The first-order valence-corrected chi connectivity index (χ1v) is 9.27. The predicted octanol–water partition coefficient (Wildman–Crippen LogP) is 2.75. The van der Waals surface area contributed by atoms with Crippen LogP contribution in [0.1, 0.15) is 34.2 Å². The molecule has 150 valence electrons. The van der Waals surface area contributed by atoms with E-state index < -0.39 is 17.5 Å². The summed E-state index contributed by atoms with van der Waals surface area (Å²) >= 11 is 0. The number of nitrogens with zero attached hydrogens (tertiary/aromatic N) is 5. The molecule has 0 saturated heterocycles. The summed E-state index contributed by atoms with van der Waals surface area (Å²) in [5.74, 6) is -1.67. The Labute approximate surface area is 166 Å². The molecule has 0 fully saturated rings. The zero-order chi connectivity index (χ0) is 20.4. The number of aromatic nitrogens is 4. The Bertz CT molecular complexity index is 1040. The summed E-state index contributed by atoms with van der Waals surface area (Å²) in [5.41, 5.74) is 2.48. The molecule has 0 aliphatic carbocycles. The molecule has 1 aromatic carbocycles. The largest absolute Gasteiger partial charge is 0.470 e. The fourth-order valence-corrected chi connectivity index (χ4v) is 3.45. The molecule has 7 nitrogen and oxygen atoms in total. The molecule has 0 saturated carbocycles. The molecule has 1 amide bonds. The summed E-state index contributed by atoms with van der Waals surface area (Å²) in [6, 6.07) is 2.98. The minimum absolute atomic E-state index is 0.143. The Morgan fingerprint density at radius 1 is 1.28 bits per heavy atom. The van der Waals surface area contributed by atoms with Crippen molar-refractivity contribution < 1.29 is 18.3 Å². The van der Waals surface area contributed by atoms with E-state index >= 15 is 0 Å². The molecule has 0 spiro atoms. The van der Waals surface area contributed by atoms with Crippen molar-refractivity contribution in [2.24, 2.45) is 0 Å². The van der Waals surface area contributed by atoms with E-state index in [9.17, 15) is 13.6 Å². The van der Waals surface area contributed by atoms with Crippen molar-refractivity contribution >= 4 is 5.91 Å². The molecule has 4 rings (SSSR count). The third kappa shape index (κ3) is 3.80. The van der Waals surface area contributed by atoms with Gasteiger partial charge in [-0.25, -0.2) is 13.8 Å². The van der Waals surface area contributed by atoms with Gasteiger partial charge >= 0.3 is 0 Å². The molecule has 0 bridgehead atoms. The van der Waals surface area contributed by atoms with E-state index in [1.54, 1.807) is 11.1 Å². The third-order valence-corrected chi connectivity index (χ3v) is 4.86. The number of halogens is 2. The van der Waals surface area contributed by atoms with Gasteiger partial charge in [0.25, 0.3) is 5.91 Å². The molecule has 2 aromatic heterocycles. The average molecular weight is 399 g/mol. The van der Waals surface area contributed by atoms with Gasteiger partial charge in [-0.1, -0.05) is 0 Å². The SMILES string of the molecule is CCn1nc(COc2cnccn2)c2c1CCN(C(=O)c1ccc(F)cc1F)C2. The van der Waals surface area contributed by atoms with Crippen LogP contribution in [0.3, 0.4) is 0 Å². The van der Waals surface area contributed by atoms with Gasteiger partial charge in [0.1, 0.15) is 23.9 Å². The van der Waals surface area contributed by atoms with Gasteiger partial charge in [-0.3, -0.25) is 14.5 Å². The number of hydrogen-bond acceptors (Lipinski definition) is 5. The first kappa shape index (κ1) is 19.0. The number of carbonyl (C=O) groups is 1. The molecule has 3 aromatic rings. The smallest absolute Gasteiger partial charge is 0.257 e. The van der Waals surface area contributed by atoms with Gasteiger partial charge in [0.2, 0.25) is 5.88 Å². The van der Waals surface area contributed by atoms with Crippen LogP contribution in [0.4, 0.5) is 8.78 Å². The Hall–Kier alpha value is -3.36. The van der Waals surface area contributed by atoms with Crippen molar-refractivity contribution in [2.75, 3.05) is 6.54 Å². The van der Waals surface area contributed by atoms with E-state index in [0.717, 1.165) is 23.4 Å². The van der Waals surface area contributed by atoms with Crippen LogP contribution < -0.4 is 4.74 Å². The summed E-state index contributed by atoms with van der Waals surface area (Å²) < 4.78 is 34.8. The topological polar surface area (TPSA) is 73.1 Å². The molecule has 0 unspecified atom stereocenters. The summed E-state index contributed by atoms with van der Waals surface area (Å²) in [5, 5.41) is 4.60. The molecule has 9 heteroatoms. The predicted molar refractivity (Wildman–Crippen MR) is 99.1 cm³/mol. The van der Waals surface area contributed by atoms with E-state index in [0.29, 0.717) is 31.1 Å². The van der Waals surface area contributed by atoms with Gasteiger partial charge in [-0.05, 0) is 19.1 Å². The standard InChI is InChI=1S/C20H19F2N5O2/c1-2-27-18-5-8-26(20(28)14-4-3-13(21)9-16(14)22)11-15(18)17(25-27)12-29-19-10-23-6-7-24-19/h3-4,6-7,9-10H,2,5,8,11-12H2,1H3. The normalized spacial score (nSPS) is 13.3. The first-order valence-electron chi connectivity index (χ1n) is 9.27. The first-order chi connectivity index (χ1) is 14.1. The molecule has 3 heterocycles. The van der Waals surface area contributed by atoms with E-state index in [1.165, 1.54) is 18.5 Å². The Morgan fingerprint density at radius 2 is 2.14 bits per heavy atom. The summed E-state index contributed by atoms with van der Waals surface area (Å²) in [7, 11) is 0. The molecule has 0 atom stereocenters. The maximum Gasteiger partial charge on any atom is 0.257 e. The third-order valence-electron chi connectivity index (χ3n) is 4.86. The van der Waals surface area contributed by atoms with Crippen LogP contribution in [0, 0.1) is 11.6 Å². The van der Waals surface area contributed by atoms with Crippen LogP contribution in [-0.2, 0) is 26.1 Å². The molecular weight excluding hydrogens is 380 g/mol. The summed E-state index contributed by atoms with van der Waals surface area (Å²) in [6.45, 7) is 3.57. The van der Waals surface area contributed by atoms with Gasteiger partial charge in [0.05, 0.1) is 11.8 Å². The fourth-order valence-electron chi connectivity index (χ4n) is 3.45. The van der Waals surface area contributed by atoms with Crippen molar-refractivity contribution in [1.82, 2.24) is 24.6 Å². The lowest BCUT2D eigenvalue weighted by molar-refractivity contribution is 0.0727. The highest BCUT2D eigenvalue weighted by molar-refractivity contribution is 5.94. The van der Waals surface area contributed by atoms with Crippen molar-refractivity contribution in [3.05, 3.63) is 70.9 Å². The maximum absolute atomic E-state index is 14.1. The highest BCUT2D eigenvalue weighted by Crippen LogP contribution is 2.25. The number of benzene rings is 1. The van der Waals surface area contributed by atoms with Gasteiger partial charge in [0.15, 0.2) is 0 Å². The second-order valence-corrected chi connectivity index (χ2v) is 6.62. The van der Waals surface area contributed by atoms with E-state index in [2.05, 4.69) is 15.1 Å². The highest BCUT2D eigenvalue weighted by Gasteiger charge is 2.29. The minimum Gasteiger partial charge on any atom is -0.470 e. The van der Waals surface area contributed by atoms with E-state index in [-0.39, 0.29) is 18.7 Å². The van der Waals surface area contributed by atoms with Crippen LogP contribution in [0.2, 0.25) is 0 Å². The molecular formula is C20H19F2N5O2. The number of hydrogen-bond donors (Lipinski definition) is 0. The van der Waals surface area contributed by atoms with Gasteiger partial charge in [0, 0.05) is 55.8 Å². The Balaban J connectivity index is 1.57. The van der Waals surface area contributed by atoms with Crippen molar-refractivity contribution in [3.8, 4) is 5.88 Å². The molecule has 1 aliphatic rings. The van der Waals surface area contributed by atoms with Crippen LogP contribution in [0.5, 0.6) is 5.88 Å². The number of carbonyl (C=O) groups excluding carboxylic acids is 1. The van der Waals surface area contributed by atoms with Gasteiger partial charge in [-0.15, -0.1) is 0 Å². The lowest BCUT2D eigenvalue weighted by Gasteiger charge is -2.28. The van der Waals surface area contributed by atoms with Crippen LogP contribution in [-0.4, -0.2) is 37.1 Å². The number of ether oxygens (including phenoxy) is 1. The minimum atomic E-state index is -0.865. The lowest BCUT2D eigenvalue weighted by Crippen LogP contribution is -2.37. The summed E-state index contributed by atoms with van der Waals surface area (Å²) in [4.78, 5) is 22.4. The van der Waals surface area contributed by atoms with Crippen molar-refractivity contribution in [2.45, 2.75) is 33.0 Å². The molecule has 0 radical (unpaired) electrons. The van der Waals surface area contributed by atoms with E-state index in [4.69, 9.17) is 4.74 Å². The maximum atomic E-state index is 14.1. The van der Waals surface area contributed by atoms with E-state index in [1.807, 2.05) is 11.6 Å². The number of amides is 1. The average Bonchev–Trinajstić information content (AvgIpc) is 3.09. The zero-order valence-corrected chi connectivity index (χ0v) is 15.8. The van der Waals surface area contributed by atoms with Crippen molar-refractivity contribution in [1.29, 1.82) is 0 Å². The molecule has 29 heavy (non-hydrogen) atoms. The fraction of sp³-hybridized carbons (Fsp3) is 0.300. The molecule has 0 N–H and O–H groups in total. The number of aryl methyl sites for hydroxylation is 1. The Kier molecular flexibility index (Phi) is 5.20. The Morgan fingerprint density at radius 3 is 2.86 bits per heavy atom. The quantitative estimate of drug-likeness (QED) is 0.660. The van der Waals surface area contributed by atoms with Crippen LogP contribution in [0.25, 0.3) is 0 Å².